The first-order valence-electron chi connectivity index (χ1n) is 8.57. The molecule has 2 aromatic rings. The highest BCUT2D eigenvalue weighted by Gasteiger charge is 2.21. The number of para-hydroxylation sites is 1. The van der Waals surface area contributed by atoms with Crippen LogP contribution in [0.2, 0.25) is 0 Å². The molecule has 1 aliphatic carbocycles. The lowest BCUT2D eigenvalue weighted by Crippen LogP contribution is -2.30. The average molecular weight is 324 g/mol. The molecule has 3 rings (SSSR count). The molecule has 1 fully saturated rings. The summed E-state index contributed by atoms with van der Waals surface area (Å²) in [5.74, 6) is 0.570. The number of hydrogen-bond donors (Lipinski definition) is 2. The maximum Gasteiger partial charge on any atom is 0.263 e. The van der Waals surface area contributed by atoms with Gasteiger partial charge in [-0.2, -0.15) is 0 Å². The van der Waals surface area contributed by atoms with Gasteiger partial charge in [0.15, 0.2) is 0 Å². The molecule has 1 heterocycles. The maximum absolute atomic E-state index is 13.1. The number of allylic oxidation sites excluding steroid dienone is 2. The van der Waals surface area contributed by atoms with Crippen molar-refractivity contribution < 1.29 is 0 Å². The Morgan fingerprint density at radius 3 is 2.75 bits per heavy atom. The minimum Gasteiger partial charge on any atom is -0.403 e. The molecule has 0 unspecified atom stereocenters. The molecule has 5 heteroatoms. The van der Waals surface area contributed by atoms with Crippen molar-refractivity contribution in [1.29, 1.82) is 0 Å². The summed E-state index contributed by atoms with van der Waals surface area (Å²) in [6.07, 6.45) is 10.8. The number of fused-ring (bicyclic) bond motifs is 1. The molecule has 0 bridgehead atoms. The minimum atomic E-state index is 0.0202. The summed E-state index contributed by atoms with van der Waals surface area (Å²) in [4.78, 5) is 17.8. The normalized spacial score (nSPS) is 16.8. The van der Waals surface area contributed by atoms with Crippen molar-refractivity contribution in [2.75, 3.05) is 5.32 Å². The Morgan fingerprint density at radius 2 is 2.04 bits per heavy atom. The number of hydrogen-bond acceptors (Lipinski definition) is 4. The zero-order valence-electron chi connectivity index (χ0n) is 14.0. The lowest BCUT2D eigenvalue weighted by Gasteiger charge is -2.26. The Hall–Kier alpha value is -2.56. The Kier molecular flexibility index (Phi) is 4.99. The predicted octanol–water partition coefficient (Wildman–Crippen LogP) is 3.69. The van der Waals surface area contributed by atoms with Crippen LogP contribution in [0, 0.1) is 0 Å². The molecular formula is C19H24N4O. The van der Waals surface area contributed by atoms with Gasteiger partial charge < -0.3 is 11.1 Å². The second-order valence-electron chi connectivity index (χ2n) is 6.17. The smallest absolute Gasteiger partial charge is 0.263 e. The molecule has 0 atom stereocenters. The highest BCUT2D eigenvalue weighted by molar-refractivity contribution is 5.78. The highest BCUT2D eigenvalue weighted by atomic mass is 16.1. The van der Waals surface area contributed by atoms with Crippen LogP contribution in [0.5, 0.6) is 0 Å². The lowest BCUT2D eigenvalue weighted by atomic mass is 9.95. The summed E-state index contributed by atoms with van der Waals surface area (Å²) >= 11 is 0. The van der Waals surface area contributed by atoms with Crippen molar-refractivity contribution in [2.24, 2.45) is 5.73 Å². The van der Waals surface area contributed by atoms with Gasteiger partial charge in [0.2, 0.25) is 5.95 Å². The van der Waals surface area contributed by atoms with E-state index in [0.717, 1.165) is 31.4 Å². The molecular weight excluding hydrogens is 300 g/mol. The summed E-state index contributed by atoms with van der Waals surface area (Å²) in [6, 6.07) is 7.69. The Labute approximate surface area is 141 Å². The first-order chi connectivity index (χ1) is 11.7. The fraction of sp³-hybridized carbons (Fsp3) is 0.368. The molecule has 24 heavy (non-hydrogen) atoms. The van der Waals surface area contributed by atoms with Crippen LogP contribution in [0.1, 0.15) is 45.1 Å². The number of anilines is 1. The third-order valence-electron chi connectivity index (χ3n) is 4.53. The molecule has 1 aliphatic rings. The van der Waals surface area contributed by atoms with Gasteiger partial charge in [0.05, 0.1) is 16.6 Å². The zero-order chi connectivity index (χ0) is 16.9. The molecule has 0 spiro atoms. The van der Waals surface area contributed by atoms with Crippen LogP contribution in [-0.4, -0.2) is 9.55 Å². The van der Waals surface area contributed by atoms with E-state index in [1.807, 2.05) is 47.9 Å². The van der Waals surface area contributed by atoms with E-state index in [9.17, 15) is 4.79 Å². The van der Waals surface area contributed by atoms with Crippen LogP contribution >= 0.6 is 0 Å². The van der Waals surface area contributed by atoms with Crippen LogP contribution < -0.4 is 16.6 Å². The number of benzene rings is 1. The van der Waals surface area contributed by atoms with E-state index in [1.54, 1.807) is 0 Å². The van der Waals surface area contributed by atoms with Gasteiger partial charge in [0, 0.05) is 12.2 Å². The largest absolute Gasteiger partial charge is 0.403 e. The van der Waals surface area contributed by atoms with E-state index < -0.39 is 0 Å². The minimum absolute atomic E-state index is 0.0202. The lowest BCUT2D eigenvalue weighted by molar-refractivity contribution is 0.348. The first kappa shape index (κ1) is 16.3. The third-order valence-corrected chi connectivity index (χ3v) is 4.53. The third kappa shape index (κ3) is 3.20. The molecule has 1 aromatic carbocycles. The van der Waals surface area contributed by atoms with Crippen LogP contribution in [0.15, 0.2) is 53.1 Å². The molecule has 1 aromatic heterocycles. The van der Waals surface area contributed by atoms with Crippen molar-refractivity contribution in [3.05, 3.63) is 58.7 Å². The Morgan fingerprint density at radius 1 is 1.29 bits per heavy atom. The van der Waals surface area contributed by atoms with Gasteiger partial charge in [-0.05, 0) is 38.0 Å². The first-order valence-corrected chi connectivity index (χ1v) is 8.57. The van der Waals surface area contributed by atoms with Crippen LogP contribution in [0.25, 0.3) is 10.9 Å². The van der Waals surface area contributed by atoms with Crippen molar-refractivity contribution in [3.63, 3.8) is 0 Å². The van der Waals surface area contributed by atoms with E-state index >= 15 is 0 Å². The SMILES string of the molecule is C/C=C\C(=C/N)Nc1nc2ccccc2c(=O)n1C1CCCCC1. The van der Waals surface area contributed by atoms with E-state index in [-0.39, 0.29) is 11.6 Å². The van der Waals surface area contributed by atoms with Crippen LogP contribution in [0.4, 0.5) is 5.95 Å². The van der Waals surface area contributed by atoms with Gasteiger partial charge in [0.25, 0.3) is 5.56 Å². The van der Waals surface area contributed by atoms with Gasteiger partial charge >= 0.3 is 0 Å². The molecule has 0 saturated heterocycles. The Balaban J connectivity index is 2.15. The molecule has 0 amide bonds. The van der Waals surface area contributed by atoms with Crippen molar-refractivity contribution in [3.8, 4) is 0 Å². The monoisotopic (exact) mass is 324 g/mol. The summed E-state index contributed by atoms with van der Waals surface area (Å²) < 4.78 is 1.83. The number of nitrogens with one attached hydrogen (secondary N) is 1. The molecule has 126 valence electrons. The van der Waals surface area contributed by atoms with E-state index in [2.05, 4.69) is 5.32 Å². The summed E-state index contributed by atoms with van der Waals surface area (Å²) in [5, 5.41) is 3.89. The second kappa shape index (κ2) is 7.34. The average Bonchev–Trinajstić information content (AvgIpc) is 2.62. The van der Waals surface area contributed by atoms with Gasteiger partial charge in [0.1, 0.15) is 0 Å². The Bertz CT molecular complexity index is 829. The molecule has 0 radical (unpaired) electrons. The van der Waals surface area contributed by atoms with E-state index in [1.165, 1.54) is 12.6 Å². The fourth-order valence-electron chi connectivity index (χ4n) is 3.36. The van der Waals surface area contributed by atoms with Crippen LogP contribution in [0.3, 0.4) is 0 Å². The number of rotatable bonds is 4. The molecule has 1 saturated carbocycles. The second-order valence-corrected chi connectivity index (χ2v) is 6.17. The van der Waals surface area contributed by atoms with E-state index in [4.69, 9.17) is 10.7 Å². The van der Waals surface area contributed by atoms with Crippen molar-refractivity contribution in [1.82, 2.24) is 9.55 Å². The standard InChI is InChI=1S/C19H24N4O/c1-2-8-14(13-20)21-19-22-17-12-7-6-11-16(17)18(24)23(19)15-9-4-3-5-10-15/h2,6-8,11-13,15H,3-5,9-10,20H2,1H3,(H,21,22)/b8-2-,14-13+. The quantitative estimate of drug-likeness (QED) is 0.841. The molecule has 3 N–H and O–H groups in total. The number of aromatic nitrogens is 2. The van der Waals surface area contributed by atoms with Crippen molar-refractivity contribution >= 4 is 16.9 Å². The van der Waals surface area contributed by atoms with Gasteiger partial charge in [-0.3, -0.25) is 9.36 Å². The molecule has 5 nitrogen and oxygen atoms in total. The maximum atomic E-state index is 13.1. The summed E-state index contributed by atoms with van der Waals surface area (Å²) in [7, 11) is 0. The van der Waals surface area contributed by atoms with Crippen LogP contribution in [-0.2, 0) is 0 Å². The van der Waals surface area contributed by atoms with Gasteiger partial charge in [-0.15, -0.1) is 0 Å². The summed E-state index contributed by atoms with van der Waals surface area (Å²) in [6.45, 7) is 1.92. The topological polar surface area (TPSA) is 72.9 Å². The summed E-state index contributed by atoms with van der Waals surface area (Å²) in [5.41, 5.74) is 7.14. The van der Waals surface area contributed by atoms with Gasteiger partial charge in [-0.1, -0.05) is 37.5 Å². The predicted molar refractivity (Wildman–Crippen MR) is 98.8 cm³/mol. The van der Waals surface area contributed by atoms with Gasteiger partial charge in [-0.25, -0.2) is 4.98 Å². The number of nitrogens with two attached hydrogens (primary N) is 1. The molecule has 0 aliphatic heterocycles. The van der Waals surface area contributed by atoms with Crippen molar-refractivity contribution in [2.45, 2.75) is 45.1 Å². The fourth-order valence-corrected chi connectivity index (χ4v) is 3.36. The number of nitrogens with zero attached hydrogens (tertiary/aromatic N) is 2. The highest BCUT2D eigenvalue weighted by Crippen LogP contribution is 2.30. The van der Waals surface area contributed by atoms with E-state index in [0.29, 0.717) is 16.9 Å². The zero-order valence-corrected chi connectivity index (χ0v) is 14.0.